The molecule has 0 spiro atoms. The van der Waals surface area contributed by atoms with E-state index in [1.54, 1.807) is 6.07 Å². The molecule has 7 nitrogen and oxygen atoms in total. The minimum absolute atomic E-state index is 0.0194. The molecule has 10 heteroatoms. The smallest absolute Gasteiger partial charge is 0.242 e. The van der Waals surface area contributed by atoms with E-state index < -0.39 is 10.0 Å². The van der Waals surface area contributed by atoms with Crippen LogP contribution < -0.4 is 5.32 Å². The first-order valence-electron chi connectivity index (χ1n) is 6.46. The summed E-state index contributed by atoms with van der Waals surface area (Å²) in [5, 5.41) is 2.84. The lowest BCUT2D eigenvalue weighted by Crippen LogP contribution is -2.22. The largest absolute Gasteiger partial charge is 0.301 e. The average Bonchev–Trinajstić information content (AvgIpc) is 2.85. The van der Waals surface area contributed by atoms with Crippen molar-refractivity contribution in [2.75, 3.05) is 25.2 Å². The lowest BCUT2D eigenvalue weighted by atomic mass is 10.3. The molecule has 0 bridgehead atoms. The van der Waals surface area contributed by atoms with Gasteiger partial charge in [0.25, 0.3) is 0 Å². The predicted molar refractivity (Wildman–Crippen MR) is 92.3 cm³/mol. The normalized spacial score (nSPS) is 11.8. The second-order valence-corrected chi connectivity index (χ2v) is 9.10. The molecule has 0 saturated heterocycles. The number of hydrogen-bond donors (Lipinski definition) is 1. The Morgan fingerprint density at radius 3 is 2.65 bits per heavy atom. The van der Waals surface area contributed by atoms with E-state index in [4.69, 9.17) is 0 Å². The first-order chi connectivity index (χ1) is 10.7. The summed E-state index contributed by atoms with van der Waals surface area (Å²) in [5.41, 5.74) is 0.599. The molecular weight excluding hydrogens is 358 g/mol. The highest BCUT2D eigenvalue weighted by Crippen LogP contribution is 2.28. The Morgan fingerprint density at radius 1 is 1.35 bits per heavy atom. The van der Waals surface area contributed by atoms with E-state index in [-0.39, 0.29) is 21.7 Å². The van der Waals surface area contributed by atoms with Gasteiger partial charge in [0.15, 0.2) is 10.2 Å². The van der Waals surface area contributed by atoms with E-state index in [9.17, 15) is 18.0 Å². The van der Waals surface area contributed by atoms with Crippen LogP contribution in [0.25, 0.3) is 10.2 Å². The number of rotatable bonds is 5. The highest BCUT2D eigenvalue weighted by molar-refractivity contribution is 8.14. The van der Waals surface area contributed by atoms with Crippen LogP contribution in [-0.4, -0.2) is 48.6 Å². The molecule has 0 aliphatic rings. The lowest BCUT2D eigenvalue weighted by Gasteiger charge is -2.10. The SMILES string of the molecule is CC(=O)SCC(=O)Nc1nc2ccc(S(=O)(=O)N(C)C)cc2s1. The topological polar surface area (TPSA) is 96.4 Å². The summed E-state index contributed by atoms with van der Waals surface area (Å²) in [6, 6.07) is 4.61. The number of thioether (sulfide) groups is 1. The number of amides is 1. The highest BCUT2D eigenvalue weighted by atomic mass is 32.2. The van der Waals surface area contributed by atoms with E-state index in [1.807, 2.05) is 0 Å². The van der Waals surface area contributed by atoms with E-state index in [1.165, 1.54) is 44.5 Å². The Kier molecular flexibility index (Phi) is 5.40. The molecule has 1 amide bonds. The maximum absolute atomic E-state index is 12.1. The monoisotopic (exact) mass is 373 g/mol. The van der Waals surface area contributed by atoms with Crippen LogP contribution in [0.1, 0.15) is 6.92 Å². The van der Waals surface area contributed by atoms with Crippen molar-refractivity contribution >= 4 is 59.5 Å². The van der Waals surface area contributed by atoms with Gasteiger partial charge in [0.1, 0.15) is 0 Å². The van der Waals surface area contributed by atoms with Gasteiger partial charge < -0.3 is 5.32 Å². The molecule has 0 aliphatic carbocycles. The molecule has 0 aliphatic heterocycles. The second-order valence-electron chi connectivity index (χ2n) is 4.76. The third-order valence-electron chi connectivity index (χ3n) is 2.79. The van der Waals surface area contributed by atoms with Crippen molar-refractivity contribution in [2.24, 2.45) is 0 Å². The number of carbonyl (C=O) groups excluding carboxylic acids is 2. The third-order valence-corrected chi connectivity index (χ3v) is 6.35. The van der Waals surface area contributed by atoms with Crippen LogP contribution in [-0.2, 0) is 19.6 Å². The second kappa shape index (κ2) is 6.95. The van der Waals surface area contributed by atoms with Crippen LogP contribution in [0.15, 0.2) is 23.1 Å². The molecule has 2 aromatic rings. The number of benzene rings is 1. The molecule has 23 heavy (non-hydrogen) atoms. The fraction of sp³-hybridized carbons (Fsp3) is 0.308. The Morgan fingerprint density at radius 2 is 2.04 bits per heavy atom. The molecule has 0 saturated carbocycles. The summed E-state index contributed by atoms with van der Waals surface area (Å²) >= 11 is 2.10. The summed E-state index contributed by atoms with van der Waals surface area (Å²) in [6.45, 7) is 1.39. The Hall–Kier alpha value is -1.49. The molecular formula is C13H15N3O4S3. The van der Waals surface area contributed by atoms with Gasteiger partial charge in [0.05, 0.1) is 20.9 Å². The maximum Gasteiger partial charge on any atom is 0.242 e. The van der Waals surface area contributed by atoms with Crippen molar-refractivity contribution in [1.29, 1.82) is 0 Å². The number of aromatic nitrogens is 1. The molecule has 0 fully saturated rings. The molecule has 124 valence electrons. The summed E-state index contributed by atoms with van der Waals surface area (Å²) in [5.74, 6) is -0.309. The first-order valence-corrected chi connectivity index (χ1v) is 9.70. The fourth-order valence-electron chi connectivity index (χ4n) is 1.65. The van der Waals surface area contributed by atoms with Crippen molar-refractivity contribution in [3.8, 4) is 0 Å². The van der Waals surface area contributed by atoms with Gasteiger partial charge in [0.2, 0.25) is 15.9 Å². The van der Waals surface area contributed by atoms with Crippen molar-refractivity contribution < 1.29 is 18.0 Å². The summed E-state index contributed by atoms with van der Waals surface area (Å²) in [6.07, 6.45) is 0. The molecule has 0 radical (unpaired) electrons. The van der Waals surface area contributed by atoms with Crippen LogP contribution in [0.4, 0.5) is 5.13 Å². The lowest BCUT2D eigenvalue weighted by molar-refractivity contribution is -0.114. The number of carbonyl (C=O) groups is 2. The zero-order chi connectivity index (χ0) is 17.2. The molecule has 2 rings (SSSR count). The Balaban J connectivity index is 2.23. The number of nitrogens with one attached hydrogen (secondary N) is 1. The van der Waals surface area contributed by atoms with Gasteiger partial charge in [-0.25, -0.2) is 17.7 Å². The number of sulfonamides is 1. The first kappa shape index (κ1) is 17.9. The van der Waals surface area contributed by atoms with Crippen molar-refractivity contribution in [1.82, 2.24) is 9.29 Å². The predicted octanol–water partition coefficient (Wildman–Crippen LogP) is 1.76. The third kappa shape index (κ3) is 4.28. The van der Waals surface area contributed by atoms with Gasteiger partial charge in [-0.1, -0.05) is 23.1 Å². The van der Waals surface area contributed by atoms with Gasteiger partial charge in [-0.2, -0.15) is 0 Å². The van der Waals surface area contributed by atoms with E-state index in [0.29, 0.717) is 15.3 Å². The van der Waals surface area contributed by atoms with Crippen LogP contribution >= 0.6 is 23.1 Å². The van der Waals surface area contributed by atoms with Crippen molar-refractivity contribution in [2.45, 2.75) is 11.8 Å². The van der Waals surface area contributed by atoms with Crippen LogP contribution in [0, 0.1) is 0 Å². The van der Waals surface area contributed by atoms with E-state index in [2.05, 4.69) is 10.3 Å². The van der Waals surface area contributed by atoms with E-state index >= 15 is 0 Å². The number of nitrogens with zero attached hydrogens (tertiary/aromatic N) is 2. The minimum Gasteiger partial charge on any atom is -0.301 e. The van der Waals surface area contributed by atoms with Gasteiger partial charge in [-0.15, -0.1) is 0 Å². The molecule has 0 unspecified atom stereocenters. The number of fused-ring (bicyclic) bond motifs is 1. The summed E-state index contributed by atoms with van der Waals surface area (Å²) < 4.78 is 26.0. The zero-order valence-electron chi connectivity index (χ0n) is 12.7. The molecule has 1 heterocycles. The van der Waals surface area contributed by atoms with Crippen LogP contribution in [0.3, 0.4) is 0 Å². The van der Waals surface area contributed by atoms with E-state index in [0.717, 1.165) is 16.1 Å². The van der Waals surface area contributed by atoms with Crippen molar-refractivity contribution in [3.05, 3.63) is 18.2 Å². The number of thiazole rings is 1. The molecule has 1 aromatic carbocycles. The zero-order valence-corrected chi connectivity index (χ0v) is 15.1. The van der Waals surface area contributed by atoms with Gasteiger partial charge in [0, 0.05) is 21.0 Å². The Bertz CT molecular complexity index is 858. The fourth-order valence-corrected chi connectivity index (χ4v) is 3.98. The van der Waals surface area contributed by atoms with Crippen molar-refractivity contribution in [3.63, 3.8) is 0 Å². The molecule has 1 N–H and O–H groups in total. The van der Waals surface area contributed by atoms with Crippen LogP contribution in [0.5, 0.6) is 0 Å². The number of anilines is 1. The summed E-state index contributed by atoms with van der Waals surface area (Å²) in [4.78, 5) is 26.9. The maximum atomic E-state index is 12.1. The van der Waals surface area contributed by atoms with Gasteiger partial charge in [-0.05, 0) is 18.2 Å². The molecule has 1 aromatic heterocycles. The molecule has 0 atom stereocenters. The standard InChI is InChI=1S/C13H15N3O4S3/c1-8(17)21-7-12(18)15-13-14-10-5-4-9(6-11(10)22-13)23(19,20)16(2)3/h4-6H,7H2,1-3H3,(H,14,15,18). The van der Waals surface area contributed by atoms with Gasteiger partial charge in [-0.3, -0.25) is 9.59 Å². The van der Waals surface area contributed by atoms with Crippen LogP contribution in [0.2, 0.25) is 0 Å². The quantitative estimate of drug-likeness (QED) is 0.858. The minimum atomic E-state index is -3.52. The summed E-state index contributed by atoms with van der Waals surface area (Å²) in [7, 11) is -0.591. The number of hydrogen-bond acceptors (Lipinski definition) is 7. The Labute approximate surface area is 142 Å². The average molecular weight is 373 g/mol. The van der Waals surface area contributed by atoms with Gasteiger partial charge >= 0.3 is 0 Å². The highest BCUT2D eigenvalue weighted by Gasteiger charge is 2.18.